The van der Waals surface area contributed by atoms with Crippen LogP contribution < -0.4 is 15.4 Å². The number of hydrogen-bond acceptors (Lipinski definition) is 4. The lowest BCUT2D eigenvalue weighted by Crippen LogP contribution is -2.15. The van der Waals surface area contributed by atoms with Crippen molar-refractivity contribution < 1.29 is 18.7 Å². The predicted molar refractivity (Wildman–Crippen MR) is 113 cm³/mol. The highest BCUT2D eigenvalue weighted by molar-refractivity contribution is 6.07. The molecule has 1 aromatic heterocycles. The van der Waals surface area contributed by atoms with Gasteiger partial charge in [-0.3, -0.25) is 9.59 Å². The SMILES string of the molecule is CCCOc1ccc(NC(=O)c2ccc(C)c(NC(=O)c3ccco3)c2)c(C)c1. The van der Waals surface area contributed by atoms with Gasteiger partial charge < -0.3 is 19.8 Å². The van der Waals surface area contributed by atoms with Crippen molar-refractivity contribution in [3.05, 3.63) is 77.2 Å². The Morgan fingerprint density at radius 2 is 1.72 bits per heavy atom. The summed E-state index contributed by atoms with van der Waals surface area (Å²) in [6, 6.07) is 14.0. The Labute approximate surface area is 169 Å². The van der Waals surface area contributed by atoms with Gasteiger partial charge in [-0.2, -0.15) is 0 Å². The van der Waals surface area contributed by atoms with E-state index in [1.165, 1.54) is 6.26 Å². The third kappa shape index (κ3) is 5.04. The molecule has 0 aliphatic rings. The van der Waals surface area contributed by atoms with Crippen LogP contribution >= 0.6 is 0 Å². The fourth-order valence-electron chi connectivity index (χ4n) is 2.77. The Balaban J connectivity index is 1.73. The fourth-order valence-corrected chi connectivity index (χ4v) is 2.77. The number of amides is 2. The fraction of sp³-hybridized carbons (Fsp3) is 0.217. The van der Waals surface area contributed by atoms with Crippen molar-refractivity contribution in [1.29, 1.82) is 0 Å². The van der Waals surface area contributed by atoms with Gasteiger partial charge in [0.15, 0.2) is 5.76 Å². The number of furan rings is 1. The molecule has 0 saturated carbocycles. The van der Waals surface area contributed by atoms with Crippen LogP contribution in [0.4, 0.5) is 11.4 Å². The van der Waals surface area contributed by atoms with E-state index < -0.39 is 0 Å². The zero-order chi connectivity index (χ0) is 20.8. The quantitative estimate of drug-likeness (QED) is 0.580. The van der Waals surface area contributed by atoms with Gasteiger partial charge in [0.1, 0.15) is 5.75 Å². The maximum absolute atomic E-state index is 12.7. The van der Waals surface area contributed by atoms with Gasteiger partial charge in [-0.15, -0.1) is 0 Å². The van der Waals surface area contributed by atoms with Gasteiger partial charge in [-0.1, -0.05) is 13.0 Å². The second-order valence-corrected chi connectivity index (χ2v) is 6.74. The molecule has 0 radical (unpaired) electrons. The zero-order valence-corrected chi connectivity index (χ0v) is 16.7. The molecule has 0 spiro atoms. The molecule has 0 fully saturated rings. The summed E-state index contributed by atoms with van der Waals surface area (Å²) in [5.74, 6) is 0.360. The Morgan fingerprint density at radius 3 is 2.41 bits per heavy atom. The van der Waals surface area contributed by atoms with E-state index in [0.717, 1.165) is 23.3 Å². The lowest BCUT2D eigenvalue weighted by molar-refractivity contribution is 0.0993. The normalized spacial score (nSPS) is 10.4. The molecule has 1 heterocycles. The van der Waals surface area contributed by atoms with E-state index in [1.807, 2.05) is 39.0 Å². The molecule has 29 heavy (non-hydrogen) atoms. The summed E-state index contributed by atoms with van der Waals surface area (Å²) in [5.41, 5.74) is 3.45. The Morgan fingerprint density at radius 1 is 0.931 bits per heavy atom. The first-order chi connectivity index (χ1) is 14.0. The summed E-state index contributed by atoms with van der Waals surface area (Å²) in [6.45, 7) is 6.48. The van der Waals surface area contributed by atoms with Gasteiger partial charge in [0.2, 0.25) is 0 Å². The van der Waals surface area contributed by atoms with Crippen LogP contribution in [0.1, 0.15) is 45.4 Å². The van der Waals surface area contributed by atoms with E-state index in [1.54, 1.807) is 30.3 Å². The third-order valence-corrected chi connectivity index (χ3v) is 4.41. The highest BCUT2D eigenvalue weighted by Crippen LogP contribution is 2.23. The molecule has 2 amide bonds. The van der Waals surface area contributed by atoms with Crippen LogP contribution in [0, 0.1) is 13.8 Å². The second kappa shape index (κ2) is 9.10. The highest BCUT2D eigenvalue weighted by atomic mass is 16.5. The van der Waals surface area contributed by atoms with Crippen LogP contribution in [0.2, 0.25) is 0 Å². The number of hydrogen-bond donors (Lipinski definition) is 2. The van der Waals surface area contributed by atoms with Crippen LogP contribution in [0.15, 0.2) is 59.2 Å². The molecular weight excluding hydrogens is 368 g/mol. The van der Waals surface area contributed by atoms with E-state index >= 15 is 0 Å². The molecule has 0 unspecified atom stereocenters. The predicted octanol–water partition coefficient (Wildman–Crippen LogP) is 5.19. The van der Waals surface area contributed by atoms with Gasteiger partial charge in [0, 0.05) is 16.9 Å². The molecule has 150 valence electrons. The highest BCUT2D eigenvalue weighted by Gasteiger charge is 2.14. The molecule has 0 saturated heterocycles. The molecule has 2 N–H and O–H groups in total. The Bertz CT molecular complexity index is 1010. The van der Waals surface area contributed by atoms with Gasteiger partial charge in [-0.05, 0) is 73.9 Å². The van der Waals surface area contributed by atoms with Crippen LogP contribution in [0.3, 0.4) is 0 Å². The van der Waals surface area contributed by atoms with Crippen molar-refractivity contribution in [2.75, 3.05) is 17.2 Å². The van der Waals surface area contributed by atoms with E-state index in [4.69, 9.17) is 9.15 Å². The summed E-state index contributed by atoms with van der Waals surface area (Å²) in [5, 5.41) is 5.69. The van der Waals surface area contributed by atoms with Crippen LogP contribution in [0.25, 0.3) is 0 Å². The third-order valence-electron chi connectivity index (χ3n) is 4.41. The number of anilines is 2. The van der Waals surface area contributed by atoms with Crippen molar-refractivity contribution in [1.82, 2.24) is 0 Å². The van der Waals surface area contributed by atoms with Gasteiger partial charge >= 0.3 is 0 Å². The number of ether oxygens (including phenoxy) is 1. The molecule has 0 bridgehead atoms. The van der Waals surface area contributed by atoms with Crippen molar-refractivity contribution in [3.63, 3.8) is 0 Å². The van der Waals surface area contributed by atoms with Crippen LogP contribution in [-0.4, -0.2) is 18.4 Å². The Hall–Kier alpha value is -3.54. The average molecular weight is 392 g/mol. The minimum Gasteiger partial charge on any atom is -0.494 e. The number of nitrogens with one attached hydrogen (secondary N) is 2. The number of rotatable bonds is 7. The maximum atomic E-state index is 12.7. The smallest absolute Gasteiger partial charge is 0.291 e. The minimum atomic E-state index is -0.367. The molecule has 0 aliphatic heterocycles. The maximum Gasteiger partial charge on any atom is 0.291 e. The number of carbonyl (C=O) groups is 2. The number of carbonyl (C=O) groups excluding carboxylic acids is 2. The van der Waals surface area contributed by atoms with Crippen LogP contribution in [-0.2, 0) is 0 Å². The molecule has 0 aliphatic carbocycles. The van der Waals surface area contributed by atoms with Crippen molar-refractivity contribution in [2.45, 2.75) is 27.2 Å². The number of benzene rings is 2. The van der Waals surface area contributed by atoms with Gasteiger partial charge in [0.25, 0.3) is 11.8 Å². The van der Waals surface area contributed by atoms with E-state index in [2.05, 4.69) is 10.6 Å². The first kappa shape index (κ1) is 20.2. The standard InChI is InChI=1S/C23H24N2O4/c1-4-11-28-18-9-10-19(16(3)13-18)24-22(26)17-8-7-15(2)20(14-17)25-23(27)21-6-5-12-29-21/h5-10,12-14H,4,11H2,1-3H3,(H,24,26)(H,25,27). The summed E-state index contributed by atoms with van der Waals surface area (Å²) < 4.78 is 10.7. The van der Waals surface area contributed by atoms with Crippen molar-refractivity contribution in [2.24, 2.45) is 0 Å². The topological polar surface area (TPSA) is 80.6 Å². The second-order valence-electron chi connectivity index (χ2n) is 6.74. The van der Waals surface area contributed by atoms with Gasteiger partial charge in [-0.25, -0.2) is 0 Å². The van der Waals surface area contributed by atoms with Gasteiger partial charge in [0.05, 0.1) is 12.9 Å². The summed E-state index contributed by atoms with van der Waals surface area (Å²) in [7, 11) is 0. The van der Waals surface area contributed by atoms with Crippen molar-refractivity contribution in [3.8, 4) is 5.75 Å². The largest absolute Gasteiger partial charge is 0.494 e. The van der Waals surface area contributed by atoms with Crippen molar-refractivity contribution >= 4 is 23.2 Å². The van der Waals surface area contributed by atoms with Crippen LogP contribution in [0.5, 0.6) is 5.75 Å². The molecule has 6 nitrogen and oxygen atoms in total. The zero-order valence-electron chi connectivity index (χ0n) is 16.7. The van der Waals surface area contributed by atoms with E-state index in [9.17, 15) is 9.59 Å². The first-order valence-corrected chi connectivity index (χ1v) is 9.48. The molecule has 3 aromatic rings. The summed E-state index contributed by atoms with van der Waals surface area (Å²) >= 11 is 0. The lowest BCUT2D eigenvalue weighted by Gasteiger charge is -2.13. The molecule has 3 rings (SSSR count). The number of aryl methyl sites for hydroxylation is 2. The van der Waals surface area contributed by atoms with E-state index in [0.29, 0.717) is 23.5 Å². The molecular formula is C23H24N2O4. The molecule has 6 heteroatoms. The minimum absolute atomic E-state index is 0.209. The van der Waals surface area contributed by atoms with E-state index in [-0.39, 0.29) is 17.6 Å². The Kier molecular flexibility index (Phi) is 6.34. The lowest BCUT2D eigenvalue weighted by atomic mass is 10.1. The average Bonchev–Trinajstić information content (AvgIpc) is 3.25. The monoisotopic (exact) mass is 392 g/mol. The summed E-state index contributed by atoms with van der Waals surface area (Å²) in [4.78, 5) is 25.0. The summed E-state index contributed by atoms with van der Waals surface area (Å²) in [6.07, 6.45) is 2.37. The molecule has 2 aromatic carbocycles. The molecule has 0 atom stereocenters. The first-order valence-electron chi connectivity index (χ1n) is 9.48.